The minimum absolute atomic E-state index is 0.0796. The molecule has 0 radical (unpaired) electrons. The van der Waals surface area contributed by atoms with Gasteiger partial charge in [0.25, 0.3) is 0 Å². The van der Waals surface area contributed by atoms with Crippen LogP contribution in [-0.2, 0) is 9.13 Å². The summed E-state index contributed by atoms with van der Waals surface area (Å²) >= 11 is 0. The highest BCUT2D eigenvalue weighted by Crippen LogP contribution is 2.76. The summed E-state index contributed by atoms with van der Waals surface area (Å²) in [5.41, 5.74) is 0.808. The van der Waals surface area contributed by atoms with Crippen LogP contribution in [0.1, 0.15) is 32.1 Å². The number of fused-ring (bicyclic) bond motifs is 1. The van der Waals surface area contributed by atoms with Gasteiger partial charge in [0.1, 0.15) is 0 Å². The van der Waals surface area contributed by atoms with Gasteiger partial charge in [0, 0.05) is 0 Å². The Bertz CT molecular complexity index is 422. The van der Waals surface area contributed by atoms with E-state index in [0.717, 1.165) is 24.8 Å². The first-order chi connectivity index (χ1) is 7.67. The molecule has 2 aliphatic carbocycles. The standard InChI is InChI=1S/C9H16O6P2/c10-16(11,12)9(17(13,14)15)5-7-3-1-2-4-8(7)6-9/h3,8H,1-2,4-6H2,(H2,10,11,12)(H2,13,14,15). The van der Waals surface area contributed by atoms with E-state index in [9.17, 15) is 28.7 Å². The molecule has 1 saturated carbocycles. The second kappa shape index (κ2) is 4.02. The van der Waals surface area contributed by atoms with Gasteiger partial charge in [0.05, 0.1) is 0 Å². The van der Waals surface area contributed by atoms with Gasteiger partial charge in [-0.2, -0.15) is 0 Å². The van der Waals surface area contributed by atoms with E-state index in [2.05, 4.69) is 0 Å². The summed E-state index contributed by atoms with van der Waals surface area (Å²) in [7, 11) is -9.69. The van der Waals surface area contributed by atoms with Gasteiger partial charge in [-0.3, -0.25) is 9.13 Å². The maximum Gasteiger partial charge on any atom is 0.344 e. The van der Waals surface area contributed by atoms with Crippen LogP contribution in [0, 0.1) is 5.92 Å². The van der Waals surface area contributed by atoms with Crippen molar-refractivity contribution in [1.29, 1.82) is 0 Å². The van der Waals surface area contributed by atoms with Crippen molar-refractivity contribution in [2.45, 2.75) is 37.0 Å². The molecule has 6 nitrogen and oxygen atoms in total. The Kier molecular flexibility index (Phi) is 3.19. The lowest BCUT2D eigenvalue weighted by atomic mass is 9.90. The van der Waals surface area contributed by atoms with Crippen molar-refractivity contribution in [3.8, 4) is 0 Å². The summed E-state index contributed by atoms with van der Waals surface area (Å²) in [4.78, 5) is 35.2. The molecule has 0 saturated heterocycles. The molecule has 0 amide bonds. The first-order valence-corrected chi connectivity index (χ1v) is 8.70. The smallest absolute Gasteiger partial charge is 0.324 e. The highest BCUT2D eigenvalue weighted by atomic mass is 31.2. The predicted octanol–water partition coefficient (Wildman–Crippen LogP) is 1.56. The molecule has 17 heavy (non-hydrogen) atoms. The molecule has 1 fully saturated rings. The third-order valence-corrected chi connectivity index (χ3v) is 8.25. The van der Waals surface area contributed by atoms with Crippen molar-refractivity contribution >= 4 is 15.2 Å². The molecule has 1 atom stereocenters. The summed E-state index contributed by atoms with van der Waals surface area (Å²) in [5.74, 6) is -0.0796. The summed E-state index contributed by atoms with van der Waals surface area (Å²) in [6.45, 7) is 0. The lowest BCUT2D eigenvalue weighted by molar-refractivity contribution is 0.304. The van der Waals surface area contributed by atoms with Gasteiger partial charge < -0.3 is 19.6 Å². The lowest BCUT2D eigenvalue weighted by Crippen LogP contribution is -2.25. The van der Waals surface area contributed by atoms with Crippen molar-refractivity contribution in [1.82, 2.24) is 0 Å². The van der Waals surface area contributed by atoms with Gasteiger partial charge in [0.15, 0.2) is 4.90 Å². The van der Waals surface area contributed by atoms with Crippen molar-refractivity contribution in [2.75, 3.05) is 0 Å². The molecule has 98 valence electrons. The normalized spacial score (nSPS) is 28.7. The van der Waals surface area contributed by atoms with Crippen LogP contribution < -0.4 is 0 Å². The monoisotopic (exact) mass is 282 g/mol. The Morgan fingerprint density at radius 3 is 2.24 bits per heavy atom. The van der Waals surface area contributed by atoms with E-state index < -0.39 is 20.1 Å². The Hall–Kier alpha value is 0.0400. The van der Waals surface area contributed by atoms with Crippen LogP contribution in [-0.4, -0.2) is 24.5 Å². The Labute approximate surface area is 99.1 Å². The van der Waals surface area contributed by atoms with Gasteiger partial charge in [-0.15, -0.1) is 0 Å². The van der Waals surface area contributed by atoms with Gasteiger partial charge in [0.2, 0.25) is 0 Å². The molecule has 0 heterocycles. The first kappa shape index (κ1) is 13.5. The van der Waals surface area contributed by atoms with Crippen LogP contribution in [0.2, 0.25) is 0 Å². The molecule has 1 unspecified atom stereocenters. The molecule has 0 spiro atoms. The van der Waals surface area contributed by atoms with Crippen LogP contribution in [0.5, 0.6) is 0 Å². The fourth-order valence-electron chi connectivity index (χ4n) is 2.86. The summed E-state index contributed by atoms with van der Waals surface area (Å²) < 4.78 is 23.0. The number of allylic oxidation sites excluding steroid dienone is 2. The highest BCUT2D eigenvalue weighted by Gasteiger charge is 2.64. The maximum atomic E-state index is 11.5. The average molecular weight is 282 g/mol. The van der Waals surface area contributed by atoms with Gasteiger partial charge in [-0.05, 0) is 38.0 Å². The van der Waals surface area contributed by atoms with Crippen LogP contribution >= 0.6 is 15.2 Å². The number of hydrogen-bond donors (Lipinski definition) is 4. The van der Waals surface area contributed by atoms with Crippen molar-refractivity contribution in [3.63, 3.8) is 0 Å². The average Bonchev–Trinajstić information content (AvgIpc) is 2.55. The number of rotatable bonds is 2. The minimum Gasteiger partial charge on any atom is -0.324 e. The van der Waals surface area contributed by atoms with Gasteiger partial charge in [-0.25, -0.2) is 0 Å². The molecule has 0 aromatic rings. The van der Waals surface area contributed by atoms with Gasteiger partial charge in [-0.1, -0.05) is 11.6 Å². The maximum absolute atomic E-state index is 11.5. The van der Waals surface area contributed by atoms with Gasteiger partial charge >= 0.3 is 15.2 Å². The molecular weight excluding hydrogens is 266 g/mol. The van der Waals surface area contributed by atoms with Crippen molar-refractivity contribution < 1.29 is 28.7 Å². The molecule has 0 bridgehead atoms. The summed E-state index contributed by atoms with van der Waals surface area (Å²) in [6, 6.07) is 0. The SMILES string of the molecule is O=P(O)(O)C1(P(=O)(O)O)CC2=CCCCC2C1. The summed E-state index contributed by atoms with van der Waals surface area (Å²) in [5, 5.41) is 0. The Morgan fingerprint density at radius 1 is 1.18 bits per heavy atom. The zero-order valence-electron chi connectivity index (χ0n) is 9.19. The van der Waals surface area contributed by atoms with Crippen LogP contribution in [0.3, 0.4) is 0 Å². The second-order valence-corrected chi connectivity index (χ2v) is 9.10. The van der Waals surface area contributed by atoms with Crippen molar-refractivity contribution in [2.24, 2.45) is 5.92 Å². The van der Waals surface area contributed by atoms with E-state index in [1.165, 1.54) is 0 Å². The predicted molar refractivity (Wildman–Crippen MR) is 61.5 cm³/mol. The number of hydrogen-bond acceptors (Lipinski definition) is 2. The molecule has 0 aromatic carbocycles. The van der Waals surface area contributed by atoms with Crippen LogP contribution in [0.25, 0.3) is 0 Å². The topological polar surface area (TPSA) is 115 Å². The quantitative estimate of drug-likeness (QED) is 0.451. The van der Waals surface area contributed by atoms with E-state index in [1.807, 2.05) is 6.08 Å². The van der Waals surface area contributed by atoms with Crippen LogP contribution in [0.4, 0.5) is 0 Å². The molecule has 4 N–H and O–H groups in total. The molecule has 8 heteroatoms. The molecule has 0 aromatic heterocycles. The minimum atomic E-state index is -4.84. The third kappa shape index (κ3) is 2.07. The summed E-state index contributed by atoms with van der Waals surface area (Å²) in [6.07, 6.45) is 4.09. The zero-order valence-corrected chi connectivity index (χ0v) is 11.0. The van der Waals surface area contributed by atoms with E-state index in [4.69, 9.17) is 0 Å². The fraction of sp³-hybridized carbons (Fsp3) is 0.778. The van der Waals surface area contributed by atoms with E-state index in [0.29, 0.717) is 0 Å². The van der Waals surface area contributed by atoms with E-state index in [1.54, 1.807) is 0 Å². The third-order valence-electron chi connectivity index (χ3n) is 3.83. The fourth-order valence-corrected chi connectivity index (χ4v) is 5.91. The zero-order chi connectivity index (χ0) is 12.9. The molecule has 0 aliphatic heterocycles. The Balaban J connectivity index is 2.47. The van der Waals surface area contributed by atoms with Crippen LogP contribution in [0.15, 0.2) is 11.6 Å². The van der Waals surface area contributed by atoms with E-state index >= 15 is 0 Å². The first-order valence-electron chi connectivity index (χ1n) is 5.48. The molecule has 2 rings (SSSR count). The lowest BCUT2D eigenvalue weighted by Gasteiger charge is -2.30. The molecule has 2 aliphatic rings. The largest absolute Gasteiger partial charge is 0.344 e. The van der Waals surface area contributed by atoms with Crippen molar-refractivity contribution in [3.05, 3.63) is 11.6 Å². The highest BCUT2D eigenvalue weighted by molar-refractivity contribution is 7.72. The van der Waals surface area contributed by atoms with E-state index in [-0.39, 0.29) is 18.8 Å². The second-order valence-electron chi connectivity index (χ2n) is 4.86. The molecular formula is C9H16O6P2. The Morgan fingerprint density at radius 2 is 1.76 bits per heavy atom.